The zero-order chi connectivity index (χ0) is 11.4. The number of aromatic nitrogens is 2. The quantitative estimate of drug-likeness (QED) is 0.929. The van der Waals surface area contributed by atoms with E-state index < -0.39 is 0 Å². The molecule has 1 N–H and O–H groups in total. The van der Waals surface area contributed by atoms with Crippen LogP contribution < -0.4 is 5.32 Å². The standard InChI is InChI=1S/C10H14BrN3OS/c1-2-12-9-7(11)5-13-10(14-9)8-6-16-4-3-15-8/h5,8H,2-4,6H2,1H3,(H,12,13,14). The first-order valence-electron chi connectivity index (χ1n) is 5.27. The summed E-state index contributed by atoms with van der Waals surface area (Å²) in [6, 6.07) is 0. The third-order valence-electron chi connectivity index (χ3n) is 2.21. The van der Waals surface area contributed by atoms with E-state index in [1.54, 1.807) is 6.20 Å². The smallest absolute Gasteiger partial charge is 0.160 e. The lowest BCUT2D eigenvalue weighted by Crippen LogP contribution is -2.18. The van der Waals surface area contributed by atoms with Crippen molar-refractivity contribution in [2.75, 3.05) is 30.0 Å². The molecule has 0 aliphatic carbocycles. The molecule has 2 heterocycles. The van der Waals surface area contributed by atoms with Crippen LogP contribution in [0.2, 0.25) is 0 Å². The van der Waals surface area contributed by atoms with Crippen LogP contribution in [0.5, 0.6) is 0 Å². The molecule has 16 heavy (non-hydrogen) atoms. The number of thioether (sulfide) groups is 1. The van der Waals surface area contributed by atoms with Crippen molar-refractivity contribution in [1.29, 1.82) is 0 Å². The van der Waals surface area contributed by atoms with E-state index in [2.05, 4.69) is 31.2 Å². The van der Waals surface area contributed by atoms with Crippen LogP contribution >= 0.6 is 27.7 Å². The first kappa shape index (κ1) is 12.1. The van der Waals surface area contributed by atoms with Gasteiger partial charge in [-0.15, -0.1) is 0 Å². The molecule has 0 spiro atoms. The van der Waals surface area contributed by atoms with E-state index in [1.165, 1.54) is 0 Å². The summed E-state index contributed by atoms with van der Waals surface area (Å²) in [7, 11) is 0. The van der Waals surface area contributed by atoms with Gasteiger partial charge in [-0.25, -0.2) is 9.97 Å². The average molecular weight is 304 g/mol. The lowest BCUT2D eigenvalue weighted by atomic mass is 10.3. The Morgan fingerprint density at radius 1 is 1.69 bits per heavy atom. The minimum absolute atomic E-state index is 0.0317. The van der Waals surface area contributed by atoms with Gasteiger partial charge in [0.15, 0.2) is 5.82 Å². The molecule has 1 aromatic heterocycles. The third kappa shape index (κ3) is 2.87. The molecule has 2 rings (SSSR count). The highest BCUT2D eigenvalue weighted by atomic mass is 79.9. The van der Waals surface area contributed by atoms with Gasteiger partial charge < -0.3 is 10.1 Å². The third-order valence-corrected chi connectivity index (χ3v) is 3.78. The molecule has 0 bridgehead atoms. The predicted octanol–water partition coefficient (Wildman–Crippen LogP) is 2.48. The van der Waals surface area contributed by atoms with Crippen LogP contribution in [0.15, 0.2) is 10.7 Å². The van der Waals surface area contributed by atoms with Crippen LogP contribution in [0.1, 0.15) is 18.9 Å². The lowest BCUT2D eigenvalue weighted by molar-refractivity contribution is 0.0695. The van der Waals surface area contributed by atoms with Crippen LogP contribution in [0, 0.1) is 0 Å². The van der Waals surface area contributed by atoms with Crippen molar-refractivity contribution in [2.45, 2.75) is 13.0 Å². The molecule has 0 aromatic carbocycles. The Labute approximate surface area is 108 Å². The van der Waals surface area contributed by atoms with Crippen LogP contribution in [0.3, 0.4) is 0 Å². The second kappa shape index (κ2) is 5.84. The molecular weight excluding hydrogens is 290 g/mol. The summed E-state index contributed by atoms with van der Waals surface area (Å²) in [5.41, 5.74) is 0. The molecule has 1 aromatic rings. The summed E-state index contributed by atoms with van der Waals surface area (Å²) < 4.78 is 6.54. The predicted molar refractivity (Wildman–Crippen MR) is 69.9 cm³/mol. The van der Waals surface area contributed by atoms with Gasteiger partial charge in [0.25, 0.3) is 0 Å². The molecule has 1 saturated heterocycles. The maximum Gasteiger partial charge on any atom is 0.160 e. The number of hydrogen-bond donors (Lipinski definition) is 1. The molecule has 1 atom stereocenters. The molecule has 88 valence electrons. The fourth-order valence-corrected chi connectivity index (χ4v) is 2.64. The normalized spacial score (nSPS) is 20.8. The summed E-state index contributed by atoms with van der Waals surface area (Å²) in [4.78, 5) is 8.79. The number of anilines is 1. The molecule has 1 aliphatic heterocycles. The van der Waals surface area contributed by atoms with Gasteiger partial charge in [-0.1, -0.05) is 0 Å². The topological polar surface area (TPSA) is 47.0 Å². The van der Waals surface area contributed by atoms with Crippen molar-refractivity contribution in [1.82, 2.24) is 9.97 Å². The fraction of sp³-hybridized carbons (Fsp3) is 0.600. The number of rotatable bonds is 3. The summed E-state index contributed by atoms with van der Waals surface area (Å²) in [6.45, 7) is 3.67. The molecule has 0 radical (unpaired) electrons. The van der Waals surface area contributed by atoms with Crippen LogP contribution in [-0.4, -0.2) is 34.6 Å². The highest BCUT2D eigenvalue weighted by Gasteiger charge is 2.20. The largest absolute Gasteiger partial charge is 0.369 e. The summed E-state index contributed by atoms with van der Waals surface area (Å²) in [6.07, 6.45) is 1.81. The zero-order valence-electron chi connectivity index (χ0n) is 9.07. The van der Waals surface area contributed by atoms with Gasteiger partial charge in [-0.05, 0) is 22.9 Å². The van der Waals surface area contributed by atoms with Gasteiger partial charge in [-0.2, -0.15) is 11.8 Å². The maximum atomic E-state index is 5.65. The van der Waals surface area contributed by atoms with Crippen LogP contribution in [0.4, 0.5) is 5.82 Å². The van der Waals surface area contributed by atoms with E-state index in [1.807, 2.05) is 18.7 Å². The van der Waals surface area contributed by atoms with Gasteiger partial charge in [0.1, 0.15) is 11.9 Å². The summed E-state index contributed by atoms with van der Waals surface area (Å²) >= 11 is 5.31. The van der Waals surface area contributed by atoms with Gasteiger partial charge in [-0.3, -0.25) is 0 Å². The molecule has 1 aliphatic rings. The number of ether oxygens (including phenoxy) is 1. The van der Waals surface area contributed by atoms with Crippen LogP contribution in [-0.2, 0) is 4.74 Å². The summed E-state index contributed by atoms with van der Waals surface area (Å²) in [5, 5.41) is 3.19. The highest BCUT2D eigenvalue weighted by Crippen LogP contribution is 2.26. The van der Waals surface area contributed by atoms with Gasteiger partial charge >= 0.3 is 0 Å². The first-order valence-corrected chi connectivity index (χ1v) is 7.21. The van der Waals surface area contributed by atoms with Crippen molar-refractivity contribution in [3.8, 4) is 0 Å². The Hall–Kier alpha value is -0.330. The first-order chi connectivity index (χ1) is 7.81. The molecule has 1 unspecified atom stereocenters. The van der Waals surface area contributed by atoms with Crippen molar-refractivity contribution >= 4 is 33.5 Å². The maximum absolute atomic E-state index is 5.65. The van der Waals surface area contributed by atoms with Crippen LogP contribution in [0.25, 0.3) is 0 Å². The van der Waals surface area contributed by atoms with E-state index in [9.17, 15) is 0 Å². The minimum atomic E-state index is 0.0317. The molecule has 0 saturated carbocycles. The summed E-state index contributed by atoms with van der Waals surface area (Å²) in [5.74, 6) is 3.61. The Bertz CT molecular complexity index is 358. The monoisotopic (exact) mass is 303 g/mol. The van der Waals surface area contributed by atoms with E-state index in [0.29, 0.717) is 0 Å². The number of halogens is 1. The molecule has 4 nitrogen and oxygen atoms in total. The van der Waals surface area contributed by atoms with Crippen molar-refractivity contribution in [3.05, 3.63) is 16.5 Å². The number of hydrogen-bond acceptors (Lipinski definition) is 5. The zero-order valence-corrected chi connectivity index (χ0v) is 11.5. The number of nitrogens with zero attached hydrogens (tertiary/aromatic N) is 2. The molecule has 6 heteroatoms. The Balaban J connectivity index is 2.17. The second-order valence-corrected chi connectivity index (χ2v) is 5.39. The average Bonchev–Trinajstić information content (AvgIpc) is 2.33. The van der Waals surface area contributed by atoms with Crippen molar-refractivity contribution < 1.29 is 4.74 Å². The van der Waals surface area contributed by atoms with E-state index in [0.717, 1.165) is 40.8 Å². The van der Waals surface area contributed by atoms with E-state index in [-0.39, 0.29) is 6.10 Å². The van der Waals surface area contributed by atoms with Gasteiger partial charge in [0.05, 0.1) is 11.1 Å². The fourth-order valence-electron chi connectivity index (χ4n) is 1.46. The second-order valence-electron chi connectivity index (χ2n) is 3.39. The Morgan fingerprint density at radius 2 is 2.56 bits per heavy atom. The Morgan fingerprint density at radius 3 is 3.25 bits per heavy atom. The van der Waals surface area contributed by atoms with Gasteiger partial charge in [0, 0.05) is 24.2 Å². The SMILES string of the molecule is CCNc1nc(C2CSCCO2)ncc1Br. The van der Waals surface area contributed by atoms with Gasteiger partial charge in [0.2, 0.25) is 0 Å². The molecular formula is C10H14BrN3OS. The van der Waals surface area contributed by atoms with Crippen molar-refractivity contribution in [3.63, 3.8) is 0 Å². The minimum Gasteiger partial charge on any atom is -0.369 e. The lowest BCUT2D eigenvalue weighted by Gasteiger charge is -2.21. The highest BCUT2D eigenvalue weighted by molar-refractivity contribution is 9.10. The van der Waals surface area contributed by atoms with E-state index in [4.69, 9.17) is 4.74 Å². The number of nitrogens with one attached hydrogen (secondary N) is 1. The Kier molecular flexibility index (Phi) is 4.43. The molecule has 0 amide bonds. The molecule has 1 fully saturated rings. The van der Waals surface area contributed by atoms with Crippen molar-refractivity contribution in [2.24, 2.45) is 0 Å². The van der Waals surface area contributed by atoms with E-state index >= 15 is 0 Å².